The minimum atomic E-state index is -0.156. The summed E-state index contributed by atoms with van der Waals surface area (Å²) in [4.78, 5) is 13.1. The van der Waals surface area contributed by atoms with E-state index in [1.807, 2.05) is 0 Å². The number of hydrogen-bond donors (Lipinski definition) is 1. The summed E-state index contributed by atoms with van der Waals surface area (Å²) in [5, 5.41) is 9.45. The van der Waals surface area contributed by atoms with Gasteiger partial charge in [-0.1, -0.05) is 0 Å². The Balaban J connectivity index is 2.28. The Labute approximate surface area is 98.4 Å². The van der Waals surface area contributed by atoms with E-state index in [0.717, 1.165) is 0 Å². The molecule has 1 heterocycles. The molecule has 86 valence electrons. The van der Waals surface area contributed by atoms with Crippen LogP contribution in [0.5, 0.6) is 11.5 Å². The average Bonchev–Trinajstić information content (AvgIpc) is 2.58. The van der Waals surface area contributed by atoms with Crippen molar-refractivity contribution in [3.63, 3.8) is 0 Å². The fourth-order valence-electron chi connectivity index (χ4n) is 1.76. The monoisotopic (exact) mass is 241 g/mol. The molecule has 1 aliphatic rings. The predicted molar refractivity (Wildman–Crippen MR) is 61.3 cm³/mol. The van der Waals surface area contributed by atoms with Gasteiger partial charge in [0.25, 0.3) is 0 Å². The fourth-order valence-corrected chi connectivity index (χ4v) is 2.03. The molecule has 1 aromatic carbocycles. The lowest BCUT2D eigenvalue weighted by Crippen LogP contribution is -2.24. The summed E-state index contributed by atoms with van der Waals surface area (Å²) in [6.45, 7) is 0.478. The van der Waals surface area contributed by atoms with E-state index in [4.69, 9.17) is 16.3 Å². The fraction of sp³-hybridized carbons (Fsp3) is 0.364. The van der Waals surface area contributed by atoms with Crippen molar-refractivity contribution in [3.05, 3.63) is 18.2 Å². The minimum absolute atomic E-state index is 0.0193. The van der Waals surface area contributed by atoms with Gasteiger partial charge in [0.15, 0.2) is 11.5 Å². The maximum atomic E-state index is 11.6. The van der Waals surface area contributed by atoms with Crippen LogP contribution >= 0.6 is 11.6 Å². The number of phenolic OH excluding ortho intramolecular Hbond substituents is 1. The standard InChI is InChI=1S/C11H12ClNO3/c1-16-10-3-2-8(5-9(10)14)13-6-7(12)4-11(13)15/h2-3,5,7,14H,4,6H2,1H3. The molecule has 1 saturated heterocycles. The van der Waals surface area contributed by atoms with Crippen molar-refractivity contribution < 1.29 is 14.6 Å². The summed E-state index contributed by atoms with van der Waals surface area (Å²) in [7, 11) is 1.48. The van der Waals surface area contributed by atoms with Crippen molar-refractivity contribution in [2.45, 2.75) is 11.8 Å². The van der Waals surface area contributed by atoms with Crippen molar-refractivity contribution in [1.29, 1.82) is 0 Å². The first kappa shape index (κ1) is 11.1. The highest BCUT2D eigenvalue weighted by atomic mass is 35.5. The van der Waals surface area contributed by atoms with Gasteiger partial charge >= 0.3 is 0 Å². The van der Waals surface area contributed by atoms with Crippen LogP contribution in [-0.4, -0.2) is 30.0 Å². The van der Waals surface area contributed by atoms with Gasteiger partial charge < -0.3 is 14.7 Å². The molecule has 1 amide bonds. The Hall–Kier alpha value is -1.42. The number of aromatic hydroxyl groups is 1. The normalized spacial score (nSPS) is 20.2. The molecule has 1 unspecified atom stereocenters. The van der Waals surface area contributed by atoms with E-state index in [1.54, 1.807) is 17.0 Å². The largest absolute Gasteiger partial charge is 0.504 e. The number of amides is 1. The van der Waals surface area contributed by atoms with E-state index in [9.17, 15) is 9.90 Å². The Morgan fingerprint density at radius 2 is 2.31 bits per heavy atom. The molecule has 2 rings (SSSR count). The van der Waals surface area contributed by atoms with Crippen molar-refractivity contribution >= 4 is 23.2 Å². The number of nitrogens with zero attached hydrogens (tertiary/aromatic N) is 1. The average molecular weight is 242 g/mol. The van der Waals surface area contributed by atoms with Crippen LogP contribution in [0.15, 0.2) is 18.2 Å². The van der Waals surface area contributed by atoms with Crippen molar-refractivity contribution in [2.24, 2.45) is 0 Å². The number of benzene rings is 1. The molecule has 5 heteroatoms. The number of phenols is 1. The number of alkyl halides is 1. The summed E-state index contributed by atoms with van der Waals surface area (Å²) in [6, 6.07) is 4.86. The first-order chi connectivity index (χ1) is 7.61. The second kappa shape index (κ2) is 4.22. The first-order valence-electron chi connectivity index (χ1n) is 4.93. The van der Waals surface area contributed by atoms with Gasteiger partial charge in [-0.05, 0) is 12.1 Å². The molecule has 1 atom stereocenters. The van der Waals surface area contributed by atoms with Crippen LogP contribution in [0.3, 0.4) is 0 Å². The molecule has 4 nitrogen and oxygen atoms in total. The zero-order valence-corrected chi connectivity index (χ0v) is 9.57. The second-order valence-corrected chi connectivity index (χ2v) is 4.28. The highest BCUT2D eigenvalue weighted by Crippen LogP contribution is 2.32. The summed E-state index contributed by atoms with van der Waals surface area (Å²) >= 11 is 5.90. The maximum absolute atomic E-state index is 11.6. The molecule has 1 aliphatic heterocycles. The van der Waals surface area contributed by atoms with Crippen LogP contribution in [0.1, 0.15) is 6.42 Å². The SMILES string of the molecule is COc1ccc(N2CC(Cl)CC2=O)cc1O. The summed E-state index contributed by atoms with van der Waals surface area (Å²) in [5.41, 5.74) is 0.645. The second-order valence-electron chi connectivity index (χ2n) is 3.66. The molecule has 0 saturated carbocycles. The Kier molecular flexibility index (Phi) is 2.92. The van der Waals surface area contributed by atoms with Crippen LogP contribution in [0.4, 0.5) is 5.69 Å². The molecule has 1 fully saturated rings. The van der Waals surface area contributed by atoms with Gasteiger partial charge in [-0.25, -0.2) is 0 Å². The number of carbonyl (C=O) groups is 1. The maximum Gasteiger partial charge on any atom is 0.228 e. The molecule has 0 aliphatic carbocycles. The predicted octanol–water partition coefficient (Wildman–Crippen LogP) is 1.74. The Bertz CT molecular complexity index is 422. The molecular weight excluding hydrogens is 230 g/mol. The van der Waals surface area contributed by atoms with Crippen LogP contribution in [0, 0.1) is 0 Å². The number of carbonyl (C=O) groups excluding carboxylic acids is 1. The van der Waals surface area contributed by atoms with Gasteiger partial charge in [0.05, 0.1) is 12.5 Å². The van der Waals surface area contributed by atoms with E-state index in [0.29, 0.717) is 24.4 Å². The first-order valence-corrected chi connectivity index (χ1v) is 5.37. The molecule has 0 aromatic heterocycles. The van der Waals surface area contributed by atoms with Gasteiger partial charge in [-0.2, -0.15) is 0 Å². The van der Waals surface area contributed by atoms with Gasteiger partial charge in [0, 0.05) is 24.7 Å². The molecule has 0 bridgehead atoms. The highest BCUT2D eigenvalue weighted by molar-refractivity contribution is 6.24. The van der Waals surface area contributed by atoms with Crippen molar-refractivity contribution in [1.82, 2.24) is 0 Å². The smallest absolute Gasteiger partial charge is 0.228 e. The summed E-state index contributed by atoms with van der Waals surface area (Å²) in [6.07, 6.45) is 0.342. The number of hydrogen-bond acceptors (Lipinski definition) is 3. The molecule has 16 heavy (non-hydrogen) atoms. The van der Waals surface area contributed by atoms with E-state index < -0.39 is 0 Å². The number of rotatable bonds is 2. The number of methoxy groups -OCH3 is 1. The third kappa shape index (κ3) is 1.93. The van der Waals surface area contributed by atoms with Gasteiger partial charge in [-0.3, -0.25) is 4.79 Å². The van der Waals surface area contributed by atoms with Gasteiger partial charge in [-0.15, -0.1) is 11.6 Å². The summed E-state index contributed by atoms with van der Waals surface area (Å²) in [5.74, 6) is 0.383. The van der Waals surface area contributed by atoms with Crippen LogP contribution in [0.2, 0.25) is 0 Å². The van der Waals surface area contributed by atoms with Crippen LogP contribution in [0.25, 0.3) is 0 Å². The highest BCUT2D eigenvalue weighted by Gasteiger charge is 2.29. The van der Waals surface area contributed by atoms with E-state index in [-0.39, 0.29) is 17.0 Å². The third-order valence-corrected chi connectivity index (χ3v) is 2.84. The van der Waals surface area contributed by atoms with Crippen LogP contribution < -0.4 is 9.64 Å². The van der Waals surface area contributed by atoms with Crippen molar-refractivity contribution in [3.8, 4) is 11.5 Å². The lowest BCUT2D eigenvalue weighted by atomic mass is 10.2. The number of ether oxygens (including phenoxy) is 1. The zero-order chi connectivity index (χ0) is 11.7. The number of halogens is 1. The Morgan fingerprint density at radius 3 is 2.81 bits per heavy atom. The quantitative estimate of drug-likeness (QED) is 0.803. The molecule has 0 radical (unpaired) electrons. The van der Waals surface area contributed by atoms with Gasteiger partial charge in [0.1, 0.15) is 0 Å². The van der Waals surface area contributed by atoms with E-state index in [2.05, 4.69) is 0 Å². The lowest BCUT2D eigenvalue weighted by Gasteiger charge is -2.16. The zero-order valence-electron chi connectivity index (χ0n) is 8.81. The Morgan fingerprint density at radius 1 is 1.56 bits per heavy atom. The van der Waals surface area contributed by atoms with Crippen LogP contribution in [-0.2, 0) is 4.79 Å². The lowest BCUT2D eigenvalue weighted by molar-refractivity contribution is -0.117. The van der Waals surface area contributed by atoms with Crippen molar-refractivity contribution in [2.75, 3.05) is 18.6 Å². The number of anilines is 1. The molecule has 0 spiro atoms. The van der Waals surface area contributed by atoms with E-state index >= 15 is 0 Å². The molecule has 1 aromatic rings. The molecular formula is C11H12ClNO3. The minimum Gasteiger partial charge on any atom is -0.504 e. The van der Waals surface area contributed by atoms with E-state index in [1.165, 1.54) is 13.2 Å². The topological polar surface area (TPSA) is 49.8 Å². The molecule has 1 N–H and O–H groups in total. The summed E-state index contributed by atoms with van der Waals surface area (Å²) < 4.78 is 4.93. The third-order valence-electron chi connectivity index (χ3n) is 2.55. The van der Waals surface area contributed by atoms with Gasteiger partial charge in [0.2, 0.25) is 5.91 Å².